The van der Waals surface area contributed by atoms with Crippen molar-refractivity contribution in [3.63, 3.8) is 0 Å². The molecule has 0 amide bonds. The first-order valence-electron chi connectivity index (χ1n) is 4.14. The molecule has 1 aliphatic heterocycles. The van der Waals surface area contributed by atoms with Gasteiger partial charge < -0.3 is 9.47 Å². The second kappa shape index (κ2) is 3.60. The standard InChI is InChI=1S/C9H12O4/c1-4-12-9(11)7-5(2)6(3)8(10)13-7/h5,7H,3-4H2,1-2H3/t5-,7+/m0/s1. The van der Waals surface area contributed by atoms with E-state index in [4.69, 9.17) is 9.47 Å². The number of carbonyl (C=O) groups is 2. The van der Waals surface area contributed by atoms with E-state index < -0.39 is 18.0 Å². The van der Waals surface area contributed by atoms with Crippen molar-refractivity contribution in [2.24, 2.45) is 5.92 Å². The Balaban J connectivity index is 2.68. The molecule has 1 aliphatic rings. The average Bonchev–Trinajstić information content (AvgIpc) is 2.33. The molecule has 0 unspecified atom stereocenters. The molecule has 2 atom stereocenters. The zero-order chi connectivity index (χ0) is 10.0. The van der Waals surface area contributed by atoms with Crippen LogP contribution in [0.25, 0.3) is 0 Å². The summed E-state index contributed by atoms with van der Waals surface area (Å²) in [6, 6.07) is 0. The lowest BCUT2D eigenvalue weighted by Crippen LogP contribution is -2.27. The van der Waals surface area contributed by atoms with E-state index in [1.54, 1.807) is 13.8 Å². The molecule has 0 spiro atoms. The van der Waals surface area contributed by atoms with Gasteiger partial charge in [-0.25, -0.2) is 9.59 Å². The molecule has 1 saturated heterocycles. The van der Waals surface area contributed by atoms with Gasteiger partial charge in [0, 0.05) is 11.5 Å². The lowest BCUT2D eigenvalue weighted by atomic mass is 10.00. The van der Waals surface area contributed by atoms with Gasteiger partial charge in [0.15, 0.2) is 0 Å². The summed E-state index contributed by atoms with van der Waals surface area (Å²) < 4.78 is 9.52. The largest absolute Gasteiger partial charge is 0.463 e. The Morgan fingerprint density at radius 2 is 2.31 bits per heavy atom. The van der Waals surface area contributed by atoms with Crippen molar-refractivity contribution in [3.05, 3.63) is 12.2 Å². The van der Waals surface area contributed by atoms with Crippen LogP contribution in [0.1, 0.15) is 13.8 Å². The molecule has 0 radical (unpaired) electrons. The molecule has 1 fully saturated rings. The van der Waals surface area contributed by atoms with Crippen LogP contribution < -0.4 is 0 Å². The van der Waals surface area contributed by atoms with Gasteiger partial charge in [-0.05, 0) is 6.92 Å². The fourth-order valence-electron chi connectivity index (χ4n) is 1.14. The Morgan fingerprint density at radius 1 is 1.69 bits per heavy atom. The SMILES string of the molecule is C=C1C(=O)O[C@@H](C(=O)OCC)[C@H]1C. The predicted molar refractivity (Wildman–Crippen MR) is 44.8 cm³/mol. The number of carbonyl (C=O) groups excluding carboxylic acids is 2. The molecule has 72 valence electrons. The highest BCUT2D eigenvalue weighted by Crippen LogP contribution is 2.26. The van der Waals surface area contributed by atoms with Crippen molar-refractivity contribution in [2.45, 2.75) is 20.0 Å². The van der Waals surface area contributed by atoms with Gasteiger partial charge >= 0.3 is 11.9 Å². The second-order valence-electron chi connectivity index (χ2n) is 2.89. The highest BCUT2D eigenvalue weighted by Gasteiger charge is 2.41. The molecule has 0 aliphatic carbocycles. The molecule has 4 nitrogen and oxygen atoms in total. The quantitative estimate of drug-likeness (QED) is 0.467. The smallest absolute Gasteiger partial charge is 0.348 e. The predicted octanol–water partition coefficient (Wildman–Crippen LogP) is 0.667. The van der Waals surface area contributed by atoms with E-state index in [0.29, 0.717) is 5.57 Å². The van der Waals surface area contributed by atoms with Crippen LogP contribution in [0, 0.1) is 5.92 Å². The molecular formula is C9H12O4. The fourth-order valence-corrected chi connectivity index (χ4v) is 1.14. The zero-order valence-corrected chi connectivity index (χ0v) is 7.70. The number of hydrogen-bond donors (Lipinski definition) is 0. The van der Waals surface area contributed by atoms with Crippen LogP contribution >= 0.6 is 0 Å². The minimum Gasteiger partial charge on any atom is -0.463 e. The second-order valence-corrected chi connectivity index (χ2v) is 2.89. The molecule has 1 rings (SSSR count). The molecular weight excluding hydrogens is 172 g/mol. The molecule has 1 heterocycles. The summed E-state index contributed by atoms with van der Waals surface area (Å²) in [7, 11) is 0. The van der Waals surface area contributed by atoms with Crippen molar-refractivity contribution in [3.8, 4) is 0 Å². The van der Waals surface area contributed by atoms with Crippen LogP contribution in [-0.2, 0) is 19.1 Å². The summed E-state index contributed by atoms with van der Waals surface area (Å²) in [4.78, 5) is 22.2. The first-order valence-corrected chi connectivity index (χ1v) is 4.14. The topological polar surface area (TPSA) is 52.6 Å². The maximum absolute atomic E-state index is 11.2. The van der Waals surface area contributed by atoms with Crippen LogP contribution in [-0.4, -0.2) is 24.6 Å². The molecule has 13 heavy (non-hydrogen) atoms. The Kier molecular flexibility index (Phi) is 2.70. The third kappa shape index (κ3) is 1.71. The van der Waals surface area contributed by atoms with Crippen LogP contribution in [0.15, 0.2) is 12.2 Å². The summed E-state index contributed by atoms with van der Waals surface area (Å²) in [6.07, 6.45) is -0.806. The Hall–Kier alpha value is -1.32. The Morgan fingerprint density at radius 3 is 2.69 bits per heavy atom. The van der Waals surface area contributed by atoms with E-state index >= 15 is 0 Å². The summed E-state index contributed by atoms with van der Waals surface area (Å²) in [6.45, 7) is 7.23. The van der Waals surface area contributed by atoms with Crippen LogP contribution in [0.4, 0.5) is 0 Å². The molecule has 0 aromatic carbocycles. The molecule has 0 saturated carbocycles. The molecule has 0 N–H and O–H groups in total. The minimum absolute atomic E-state index is 0.284. The van der Waals surface area contributed by atoms with Gasteiger partial charge in [-0.1, -0.05) is 13.5 Å². The lowest BCUT2D eigenvalue weighted by molar-refractivity contribution is -0.162. The summed E-state index contributed by atoms with van der Waals surface area (Å²) in [5.41, 5.74) is 0.332. The van der Waals surface area contributed by atoms with Crippen molar-refractivity contribution < 1.29 is 19.1 Å². The van der Waals surface area contributed by atoms with Crippen molar-refractivity contribution in [1.29, 1.82) is 0 Å². The number of cyclic esters (lactones) is 1. The van der Waals surface area contributed by atoms with Gasteiger partial charge in [0.25, 0.3) is 0 Å². The average molecular weight is 184 g/mol. The normalized spacial score (nSPS) is 27.2. The van der Waals surface area contributed by atoms with Gasteiger partial charge in [-0.2, -0.15) is 0 Å². The maximum Gasteiger partial charge on any atom is 0.348 e. The Bertz CT molecular complexity index is 256. The first-order chi connectivity index (χ1) is 6.07. The van der Waals surface area contributed by atoms with E-state index in [9.17, 15) is 9.59 Å². The van der Waals surface area contributed by atoms with Gasteiger partial charge in [-0.15, -0.1) is 0 Å². The Labute approximate surface area is 76.5 Å². The van der Waals surface area contributed by atoms with Gasteiger partial charge in [0.2, 0.25) is 6.10 Å². The highest BCUT2D eigenvalue weighted by atomic mass is 16.6. The number of esters is 2. The first kappa shape index (κ1) is 9.77. The fraction of sp³-hybridized carbons (Fsp3) is 0.556. The van der Waals surface area contributed by atoms with E-state index in [2.05, 4.69) is 6.58 Å². The van der Waals surface area contributed by atoms with Gasteiger partial charge in [0.1, 0.15) is 0 Å². The summed E-state index contributed by atoms with van der Waals surface area (Å²) >= 11 is 0. The lowest BCUT2D eigenvalue weighted by Gasteiger charge is -2.11. The maximum atomic E-state index is 11.2. The third-order valence-corrected chi connectivity index (χ3v) is 2.02. The molecule has 0 bridgehead atoms. The van der Waals surface area contributed by atoms with E-state index in [1.807, 2.05) is 0 Å². The minimum atomic E-state index is -0.806. The van der Waals surface area contributed by atoms with Crippen LogP contribution in [0.2, 0.25) is 0 Å². The number of hydrogen-bond acceptors (Lipinski definition) is 4. The molecule has 0 aromatic heterocycles. The van der Waals surface area contributed by atoms with Crippen molar-refractivity contribution in [1.82, 2.24) is 0 Å². The van der Waals surface area contributed by atoms with Crippen LogP contribution in [0.5, 0.6) is 0 Å². The van der Waals surface area contributed by atoms with E-state index in [1.165, 1.54) is 0 Å². The van der Waals surface area contributed by atoms with E-state index in [0.717, 1.165) is 0 Å². The van der Waals surface area contributed by atoms with E-state index in [-0.39, 0.29) is 12.5 Å². The summed E-state index contributed by atoms with van der Waals surface area (Å²) in [5, 5.41) is 0. The number of rotatable bonds is 2. The third-order valence-electron chi connectivity index (χ3n) is 2.02. The summed E-state index contributed by atoms with van der Waals surface area (Å²) in [5.74, 6) is -1.29. The molecule has 0 aromatic rings. The molecule has 4 heteroatoms. The zero-order valence-electron chi connectivity index (χ0n) is 7.70. The monoisotopic (exact) mass is 184 g/mol. The highest BCUT2D eigenvalue weighted by molar-refractivity contribution is 5.95. The number of ether oxygens (including phenoxy) is 2. The van der Waals surface area contributed by atoms with Gasteiger partial charge in [0.05, 0.1) is 6.61 Å². The van der Waals surface area contributed by atoms with Crippen molar-refractivity contribution in [2.75, 3.05) is 6.61 Å². The van der Waals surface area contributed by atoms with Crippen molar-refractivity contribution >= 4 is 11.9 Å². The van der Waals surface area contributed by atoms with Gasteiger partial charge in [-0.3, -0.25) is 0 Å². The van der Waals surface area contributed by atoms with Crippen LogP contribution in [0.3, 0.4) is 0 Å².